The number of aromatic nitrogens is 1. The molecule has 0 fully saturated rings. The van der Waals surface area contributed by atoms with Crippen molar-refractivity contribution in [3.05, 3.63) is 102 Å². The van der Waals surface area contributed by atoms with Crippen LogP contribution in [0.3, 0.4) is 0 Å². The van der Waals surface area contributed by atoms with E-state index in [2.05, 4.69) is 202 Å². The van der Waals surface area contributed by atoms with Crippen molar-refractivity contribution in [3.63, 3.8) is 0 Å². The molecular formula is C26H19NO23S. The summed E-state index contributed by atoms with van der Waals surface area (Å²) in [6, 6.07) is 34.1. The highest BCUT2D eigenvalue weighted by atomic mass is 32.1. The second-order valence-corrected chi connectivity index (χ2v) is 8.96. The number of carbonyl (C=O) groups excluding carboxylic acids is 1. The molecule has 0 aliphatic carbocycles. The molecule has 0 bridgehead atoms. The monoisotopic (exact) mass is 745 g/mol. The van der Waals surface area contributed by atoms with Gasteiger partial charge in [0.25, 0.3) is 0 Å². The van der Waals surface area contributed by atoms with E-state index in [0.29, 0.717) is 0 Å². The predicted octanol–water partition coefficient (Wildman–Crippen LogP) is 5.56. The molecule has 25 heteroatoms. The van der Waals surface area contributed by atoms with Gasteiger partial charge in [0, 0.05) is 77.0 Å². The first kappa shape index (κ1) is 39.2. The fraction of sp³-hybridized carbons (Fsp3) is 0. The SMILES string of the molecule is O=COOOOOOOOOOOOOOOOOOOOOO.c1ccc(-c2cccc(-c3csc(-c4ccc5ccccc5c4)n3)c2)cc1. The van der Waals surface area contributed by atoms with Crippen LogP contribution in [0.25, 0.3) is 43.7 Å². The van der Waals surface area contributed by atoms with E-state index in [-0.39, 0.29) is 6.47 Å². The van der Waals surface area contributed by atoms with Gasteiger partial charge in [0.15, 0.2) is 0 Å². The zero-order valence-electron chi connectivity index (χ0n) is 24.7. The van der Waals surface area contributed by atoms with Gasteiger partial charge >= 0.3 is 6.47 Å². The molecule has 0 saturated carbocycles. The first-order valence-electron chi connectivity index (χ1n) is 13.0. The Morgan fingerprint density at radius 3 is 1.57 bits per heavy atom. The summed E-state index contributed by atoms with van der Waals surface area (Å²) in [5, 5.41) is 81.4. The van der Waals surface area contributed by atoms with Crippen LogP contribution in [0, 0.1) is 0 Å². The molecule has 0 aliphatic heterocycles. The van der Waals surface area contributed by atoms with Crippen LogP contribution in [0.5, 0.6) is 0 Å². The van der Waals surface area contributed by atoms with E-state index in [9.17, 15) is 4.79 Å². The molecular weight excluding hydrogens is 726 g/mol. The van der Waals surface area contributed by atoms with E-state index in [4.69, 9.17) is 10.2 Å². The summed E-state index contributed by atoms with van der Waals surface area (Å²) >= 11 is 1.70. The Kier molecular flexibility index (Phi) is 18.9. The van der Waals surface area contributed by atoms with Crippen LogP contribution in [-0.2, 0) is 110 Å². The van der Waals surface area contributed by atoms with Gasteiger partial charge in [-0.25, -0.2) is 10.2 Å². The molecule has 0 unspecified atom stereocenters. The summed E-state index contributed by atoms with van der Waals surface area (Å²) in [4.78, 5) is 17.9. The van der Waals surface area contributed by atoms with Crippen LogP contribution in [0.15, 0.2) is 102 Å². The minimum absolute atomic E-state index is 0.158. The van der Waals surface area contributed by atoms with E-state index in [1.54, 1.807) is 11.3 Å². The van der Waals surface area contributed by atoms with Crippen molar-refractivity contribution in [1.82, 2.24) is 4.98 Å². The average Bonchev–Trinajstić information content (AvgIpc) is 3.68. The van der Waals surface area contributed by atoms with Crippen LogP contribution in [0.2, 0.25) is 0 Å². The lowest BCUT2D eigenvalue weighted by molar-refractivity contribution is -0.896. The standard InChI is InChI=1S/C25H17NS.CH2O23/c1-2-7-18(8-3-1)21-11-6-12-22(15-21)24-17-27-25(26-24)23-14-13-19-9-4-5-10-20(19)16-23;2-1-4-6-8-10-12-14-16-18-20-22-24-23-21-19-17-15-13-11-9-7-5-3/h1-17H;1,3H. The number of nitrogens with zero attached hydrogens (tertiary/aromatic N) is 1. The summed E-state index contributed by atoms with van der Waals surface area (Å²) < 4.78 is 0. The molecule has 4 aromatic carbocycles. The Bertz CT molecular complexity index is 1660. The summed E-state index contributed by atoms with van der Waals surface area (Å²) in [6.45, 7) is -0.158. The van der Waals surface area contributed by atoms with Crippen molar-refractivity contribution in [2.24, 2.45) is 0 Å². The highest BCUT2D eigenvalue weighted by molar-refractivity contribution is 7.13. The molecule has 1 aromatic heterocycles. The van der Waals surface area contributed by atoms with Crippen molar-refractivity contribution in [1.29, 1.82) is 0 Å². The molecule has 0 radical (unpaired) electrons. The topological polar surface area (TPSA) is 244 Å². The number of hydrogen-bond donors (Lipinski definition) is 1. The van der Waals surface area contributed by atoms with Crippen LogP contribution in [0.4, 0.5) is 0 Å². The van der Waals surface area contributed by atoms with Gasteiger partial charge in [0.1, 0.15) is 5.01 Å². The fourth-order valence-corrected chi connectivity index (χ4v) is 4.41. The third-order valence-electron chi connectivity index (χ3n) is 5.38. The number of rotatable bonds is 24. The molecule has 0 amide bonds. The molecule has 1 heterocycles. The summed E-state index contributed by atoms with van der Waals surface area (Å²) in [7, 11) is 0. The fourth-order valence-electron chi connectivity index (χ4n) is 3.59. The van der Waals surface area contributed by atoms with Crippen molar-refractivity contribution in [2.75, 3.05) is 0 Å². The number of hydrogen-bond acceptors (Lipinski definition) is 25. The lowest BCUT2D eigenvalue weighted by Gasteiger charge is -2.04. The molecule has 24 nitrogen and oxygen atoms in total. The minimum Gasteiger partial charge on any atom is -0.270 e. The Hall–Kier alpha value is -4.60. The zero-order valence-corrected chi connectivity index (χ0v) is 25.5. The van der Waals surface area contributed by atoms with Gasteiger partial charge in [-0.1, -0.05) is 84.9 Å². The Labute approximate surface area is 284 Å². The highest BCUT2D eigenvalue weighted by Crippen LogP contribution is 2.32. The van der Waals surface area contributed by atoms with Crippen molar-refractivity contribution in [2.45, 2.75) is 0 Å². The molecule has 0 atom stereocenters. The number of carbonyl (C=O) groups is 1. The molecule has 0 aliphatic rings. The van der Waals surface area contributed by atoms with Crippen LogP contribution in [0.1, 0.15) is 0 Å². The number of fused-ring (bicyclic) bond motifs is 1. The predicted molar refractivity (Wildman–Crippen MR) is 147 cm³/mol. The van der Waals surface area contributed by atoms with Gasteiger partial charge in [-0.3, -0.25) is 9.68 Å². The minimum atomic E-state index is -0.158. The Morgan fingerprint density at radius 1 is 0.471 bits per heavy atom. The number of thiazole rings is 1. The second-order valence-electron chi connectivity index (χ2n) is 8.11. The first-order valence-corrected chi connectivity index (χ1v) is 13.8. The summed E-state index contributed by atoms with van der Waals surface area (Å²) in [6.07, 6.45) is 0. The van der Waals surface area contributed by atoms with Crippen molar-refractivity contribution >= 4 is 28.6 Å². The third kappa shape index (κ3) is 15.0. The zero-order chi connectivity index (χ0) is 35.6. The lowest BCUT2D eigenvalue weighted by atomic mass is 10.0. The molecule has 272 valence electrons. The highest BCUT2D eigenvalue weighted by Gasteiger charge is 2.09. The maximum Gasteiger partial charge on any atom is 0.334 e. The summed E-state index contributed by atoms with van der Waals surface area (Å²) in [5.74, 6) is 0. The van der Waals surface area contributed by atoms with Gasteiger partial charge in [-0.2, -0.15) is 0 Å². The normalized spacial score (nSPS) is 10.9. The van der Waals surface area contributed by atoms with Gasteiger partial charge < -0.3 is 0 Å². The molecule has 51 heavy (non-hydrogen) atoms. The third-order valence-corrected chi connectivity index (χ3v) is 6.27. The van der Waals surface area contributed by atoms with E-state index in [0.717, 1.165) is 16.3 Å². The van der Waals surface area contributed by atoms with Crippen LogP contribution in [-0.4, -0.2) is 16.7 Å². The van der Waals surface area contributed by atoms with Gasteiger partial charge in [-0.15, -0.1) is 11.3 Å². The first-order chi connectivity index (χ1) is 25.3. The quantitative estimate of drug-likeness (QED) is 0.0351. The van der Waals surface area contributed by atoms with Crippen molar-refractivity contribution in [3.8, 4) is 33.0 Å². The maximum atomic E-state index is 9.49. The Morgan fingerprint density at radius 2 is 0.980 bits per heavy atom. The largest absolute Gasteiger partial charge is 0.334 e. The smallest absolute Gasteiger partial charge is 0.270 e. The van der Waals surface area contributed by atoms with E-state index >= 15 is 0 Å². The second kappa shape index (κ2) is 24.5. The average molecular weight is 745 g/mol. The molecule has 1 N–H and O–H groups in total. The molecule has 5 aromatic rings. The van der Waals surface area contributed by atoms with E-state index in [1.165, 1.54) is 27.5 Å². The van der Waals surface area contributed by atoms with E-state index in [1.807, 2.05) is 6.07 Å². The van der Waals surface area contributed by atoms with Gasteiger partial charge in [0.05, 0.1) is 5.69 Å². The molecule has 0 saturated heterocycles. The Balaban J connectivity index is 0.000000231. The van der Waals surface area contributed by atoms with Crippen molar-refractivity contribution < 1.29 is 116 Å². The van der Waals surface area contributed by atoms with Crippen LogP contribution >= 0.6 is 11.3 Å². The summed E-state index contributed by atoms with van der Waals surface area (Å²) in [5.41, 5.74) is 5.79. The van der Waals surface area contributed by atoms with Crippen LogP contribution < -0.4 is 0 Å². The number of benzene rings is 4. The maximum absolute atomic E-state index is 9.49. The molecule has 5 rings (SSSR count). The van der Waals surface area contributed by atoms with Gasteiger partial charge in [0.2, 0.25) is 0 Å². The van der Waals surface area contributed by atoms with Gasteiger partial charge in [-0.05, 0) is 74.3 Å². The lowest BCUT2D eigenvalue weighted by Crippen LogP contribution is -2.05. The molecule has 0 spiro atoms. The van der Waals surface area contributed by atoms with E-state index < -0.39 is 0 Å².